The van der Waals surface area contributed by atoms with Gasteiger partial charge in [0.15, 0.2) is 0 Å². The summed E-state index contributed by atoms with van der Waals surface area (Å²) in [4.78, 5) is 24.6. The summed E-state index contributed by atoms with van der Waals surface area (Å²) in [6.45, 7) is 0. The number of benzene rings is 3. The largest absolute Gasteiger partial charge is 0.496 e. The van der Waals surface area contributed by atoms with E-state index in [2.05, 4.69) is 10.4 Å². The van der Waals surface area contributed by atoms with Crippen LogP contribution in [0, 0.1) is 5.82 Å². The Kier molecular flexibility index (Phi) is 5.67. The summed E-state index contributed by atoms with van der Waals surface area (Å²) in [6, 6.07) is 20.2. The maximum absolute atomic E-state index is 13.8. The van der Waals surface area contributed by atoms with E-state index in [1.54, 1.807) is 23.0 Å². The first-order valence-electron chi connectivity index (χ1n) is 9.67. The second-order valence-electron chi connectivity index (χ2n) is 6.88. The van der Waals surface area contributed by atoms with Crippen LogP contribution in [0.15, 0.2) is 79.0 Å². The maximum Gasteiger partial charge on any atom is 0.259 e. The minimum Gasteiger partial charge on any atom is -0.496 e. The summed E-state index contributed by atoms with van der Waals surface area (Å²) in [6.07, 6.45) is 1.60. The van der Waals surface area contributed by atoms with Gasteiger partial charge in [-0.05, 0) is 42.5 Å². The van der Waals surface area contributed by atoms with Crippen LogP contribution in [-0.4, -0.2) is 28.7 Å². The molecule has 8 heteroatoms. The Balaban J connectivity index is 1.78. The zero-order valence-corrected chi connectivity index (χ0v) is 17.1. The molecule has 1 heterocycles. The number of methoxy groups -OCH3 is 1. The SMILES string of the molecule is COc1ccccc1-c1nn(-c2ccccc2)cc1C(=O)Nc1ccc(F)c(C(N)=O)c1. The van der Waals surface area contributed by atoms with Crippen LogP contribution in [0.25, 0.3) is 16.9 Å². The number of nitrogens with zero attached hydrogens (tertiary/aromatic N) is 2. The van der Waals surface area contributed by atoms with Crippen molar-refractivity contribution >= 4 is 17.5 Å². The van der Waals surface area contributed by atoms with Gasteiger partial charge in [-0.1, -0.05) is 30.3 Å². The van der Waals surface area contributed by atoms with E-state index in [9.17, 15) is 14.0 Å². The van der Waals surface area contributed by atoms with Crippen molar-refractivity contribution in [1.29, 1.82) is 0 Å². The van der Waals surface area contributed by atoms with Crippen LogP contribution in [0.2, 0.25) is 0 Å². The van der Waals surface area contributed by atoms with E-state index in [1.807, 2.05) is 42.5 Å². The number of hydrogen-bond donors (Lipinski definition) is 2. The lowest BCUT2D eigenvalue weighted by Crippen LogP contribution is -2.16. The van der Waals surface area contributed by atoms with Gasteiger partial charge in [-0.25, -0.2) is 9.07 Å². The first kappa shape index (κ1) is 20.8. The number of halogens is 1. The van der Waals surface area contributed by atoms with Crippen molar-refractivity contribution in [3.63, 3.8) is 0 Å². The Bertz CT molecular complexity index is 1300. The summed E-state index contributed by atoms with van der Waals surface area (Å²) < 4.78 is 20.8. The Morgan fingerprint density at radius 3 is 2.44 bits per heavy atom. The maximum atomic E-state index is 13.8. The number of primary amides is 1. The second-order valence-corrected chi connectivity index (χ2v) is 6.88. The Labute approximate surface area is 183 Å². The fourth-order valence-electron chi connectivity index (χ4n) is 3.28. The van der Waals surface area contributed by atoms with Gasteiger partial charge in [0.25, 0.3) is 11.8 Å². The van der Waals surface area contributed by atoms with Crippen molar-refractivity contribution in [2.45, 2.75) is 0 Å². The number of aromatic nitrogens is 2. The monoisotopic (exact) mass is 430 g/mol. The molecule has 32 heavy (non-hydrogen) atoms. The Hall–Kier alpha value is -4.46. The smallest absolute Gasteiger partial charge is 0.259 e. The molecular weight excluding hydrogens is 411 g/mol. The third-order valence-corrected chi connectivity index (χ3v) is 4.83. The highest BCUT2D eigenvalue weighted by Crippen LogP contribution is 2.32. The van der Waals surface area contributed by atoms with Crippen LogP contribution in [0.4, 0.5) is 10.1 Å². The van der Waals surface area contributed by atoms with E-state index in [-0.39, 0.29) is 16.8 Å². The molecule has 0 atom stereocenters. The highest BCUT2D eigenvalue weighted by Gasteiger charge is 2.22. The van der Waals surface area contributed by atoms with Crippen LogP contribution in [0.3, 0.4) is 0 Å². The number of hydrogen-bond acceptors (Lipinski definition) is 4. The predicted molar refractivity (Wildman–Crippen MR) is 118 cm³/mol. The van der Waals surface area contributed by atoms with E-state index < -0.39 is 17.6 Å². The number of nitrogens with two attached hydrogens (primary N) is 1. The minimum absolute atomic E-state index is 0.226. The molecule has 0 saturated heterocycles. The van der Waals surface area contributed by atoms with Gasteiger partial charge >= 0.3 is 0 Å². The molecule has 0 aliphatic carbocycles. The van der Waals surface area contributed by atoms with Crippen LogP contribution >= 0.6 is 0 Å². The number of anilines is 1. The molecule has 0 aliphatic rings. The fraction of sp³-hybridized carbons (Fsp3) is 0.0417. The molecule has 0 saturated carbocycles. The van der Waals surface area contributed by atoms with E-state index in [0.717, 1.165) is 11.8 Å². The van der Waals surface area contributed by atoms with Crippen molar-refractivity contribution in [1.82, 2.24) is 9.78 Å². The zero-order valence-electron chi connectivity index (χ0n) is 17.1. The van der Waals surface area contributed by atoms with E-state index in [0.29, 0.717) is 17.0 Å². The lowest BCUT2D eigenvalue weighted by Gasteiger charge is -2.09. The molecule has 0 unspecified atom stereocenters. The molecule has 1 aromatic heterocycles. The van der Waals surface area contributed by atoms with Crippen molar-refractivity contribution < 1.29 is 18.7 Å². The number of carbonyl (C=O) groups is 2. The molecule has 3 N–H and O–H groups in total. The number of rotatable bonds is 6. The normalized spacial score (nSPS) is 10.6. The number of nitrogens with one attached hydrogen (secondary N) is 1. The van der Waals surface area contributed by atoms with Gasteiger partial charge in [0.05, 0.1) is 23.9 Å². The molecule has 0 spiro atoms. The second kappa shape index (κ2) is 8.73. The van der Waals surface area contributed by atoms with Crippen molar-refractivity contribution in [2.24, 2.45) is 5.73 Å². The predicted octanol–water partition coefficient (Wildman–Crippen LogP) is 4.04. The van der Waals surface area contributed by atoms with Gasteiger partial charge in [0.2, 0.25) is 0 Å². The summed E-state index contributed by atoms with van der Waals surface area (Å²) >= 11 is 0. The first-order valence-corrected chi connectivity index (χ1v) is 9.67. The van der Waals surface area contributed by atoms with Gasteiger partial charge in [-0.15, -0.1) is 0 Å². The minimum atomic E-state index is -0.926. The Morgan fingerprint density at radius 2 is 1.72 bits per heavy atom. The molecule has 160 valence electrons. The molecular formula is C24H19FN4O3. The summed E-state index contributed by atoms with van der Waals surface area (Å²) in [5.41, 5.74) is 7.19. The molecule has 0 bridgehead atoms. The Morgan fingerprint density at radius 1 is 1.00 bits per heavy atom. The summed E-state index contributed by atoms with van der Waals surface area (Å²) in [5.74, 6) is -1.62. The van der Waals surface area contributed by atoms with Crippen molar-refractivity contribution in [3.8, 4) is 22.7 Å². The third kappa shape index (κ3) is 4.06. The van der Waals surface area contributed by atoms with Crippen LogP contribution < -0.4 is 15.8 Å². The van der Waals surface area contributed by atoms with Crippen LogP contribution in [0.1, 0.15) is 20.7 Å². The van der Waals surface area contributed by atoms with E-state index in [4.69, 9.17) is 10.5 Å². The lowest BCUT2D eigenvalue weighted by molar-refractivity contribution is 0.0992. The highest BCUT2D eigenvalue weighted by molar-refractivity contribution is 6.09. The lowest BCUT2D eigenvalue weighted by atomic mass is 10.1. The molecule has 0 radical (unpaired) electrons. The molecule has 2 amide bonds. The third-order valence-electron chi connectivity index (χ3n) is 4.83. The standard InChI is InChI=1S/C24H19FN4O3/c1-32-21-10-6-5-9-17(21)22-19(14-29(28-22)16-7-3-2-4-8-16)24(31)27-15-11-12-20(25)18(13-15)23(26)30/h2-14H,1H3,(H2,26,30)(H,27,31). The van der Waals surface area contributed by atoms with Gasteiger partial charge < -0.3 is 15.8 Å². The quantitative estimate of drug-likeness (QED) is 0.482. The van der Waals surface area contributed by atoms with Gasteiger partial charge in [0.1, 0.15) is 17.3 Å². The number of amides is 2. The number of para-hydroxylation sites is 2. The average Bonchev–Trinajstić information content (AvgIpc) is 3.26. The van der Waals surface area contributed by atoms with Crippen LogP contribution in [0.5, 0.6) is 5.75 Å². The van der Waals surface area contributed by atoms with Gasteiger partial charge in [0, 0.05) is 17.4 Å². The fourth-order valence-corrected chi connectivity index (χ4v) is 3.28. The van der Waals surface area contributed by atoms with Crippen molar-refractivity contribution in [3.05, 3.63) is 95.9 Å². The summed E-state index contributed by atoms with van der Waals surface area (Å²) in [7, 11) is 1.54. The molecule has 3 aromatic carbocycles. The molecule has 4 rings (SSSR count). The van der Waals surface area contributed by atoms with E-state index >= 15 is 0 Å². The molecule has 0 aliphatic heterocycles. The zero-order chi connectivity index (χ0) is 22.7. The number of ether oxygens (including phenoxy) is 1. The average molecular weight is 430 g/mol. The van der Waals surface area contributed by atoms with Crippen LogP contribution in [-0.2, 0) is 0 Å². The first-order chi connectivity index (χ1) is 15.5. The molecule has 7 nitrogen and oxygen atoms in total. The molecule has 0 fully saturated rings. The number of carbonyl (C=O) groups excluding carboxylic acids is 2. The van der Waals surface area contributed by atoms with Gasteiger partial charge in [-0.3, -0.25) is 9.59 Å². The van der Waals surface area contributed by atoms with Gasteiger partial charge in [-0.2, -0.15) is 5.10 Å². The highest BCUT2D eigenvalue weighted by atomic mass is 19.1. The van der Waals surface area contributed by atoms with E-state index in [1.165, 1.54) is 19.2 Å². The molecule has 4 aromatic rings. The van der Waals surface area contributed by atoms with Crippen molar-refractivity contribution in [2.75, 3.05) is 12.4 Å². The topological polar surface area (TPSA) is 99.2 Å². The summed E-state index contributed by atoms with van der Waals surface area (Å²) in [5, 5.41) is 7.31.